The molecule has 0 spiro atoms. The van der Waals surface area contributed by atoms with E-state index < -0.39 is 0 Å². The Morgan fingerprint density at radius 1 is 0.647 bits per heavy atom. The molecule has 2 heterocycles. The van der Waals surface area contributed by atoms with Gasteiger partial charge in [-0.1, -0.05) is 42.5 Å². The van der Waals surface area contributed by atoms with Crippen LogP contribution in [0.25, 0.3) is 27.2 Å². The van der Waals surface area contributed by atoms with Gasteiger partial charge in [-0.2, -0.15) is 0 Å². The minimum Gasteiger partial charge on any atom is -0.316 e. The molecule has 17 heavy (non-hydrogen) atoms. The van der Waals surface area contributed by atoms with Gasteiger partial charge in [0.05, 0.1) is 5.52 Å². The van der Waals surface area contributed by atoms with Crippen molar-refractivity contribution < 1.29 is 0 Å². The third kappa shape index (κ3) is 1.19. The van der Waals surface area contributed by atoms with Crippen LogP contribution < -0.4 is 0 Å². The maximum atomic E-state index is 2.26. The monoisotopic (exact) mass is 217 g/mol. The number of rotatable bonds is 0. The van der Waals surface area contributed by atoms with E-state index in [0.29, 0.717) is 0 Å². The molecule has 2 aromatic heterocycles. The number of fused-ring (bicyclic) bond motifs is 4. The Kier molecular flexibility index (Phi) is 1.61. The van der Waals surface area contributed by atoms with E-state index in [0.717, 1.165) is 0 Å². The zero-order valence-electron chi connectivity index (χ0n) is 9.30. The molecule has 1 heteroatoms. The Labute approximate surface area is 98.9 Å². The molecule has 0 amide bonds. The van der Waals surface area contributed by atoms with E-state index in [4.69, 9.17) is 0 Å². The maximum absolute atomic E-state index is 2.26. The third-order valence-electron chi connectivity index (χ3n) is 3.35. The summed E-state index contributed by atoms with van der Waals surface area (Å²) in [5, 5.41) is 3.87. The zero-order chi connectivity index (χ0) is 11.2. The van der Waals surface area contributed by atoms with Crippen LogP contribution >= 0.6 is 0 Å². The summed E-state index contributed by atoms with van der Waals surface area (Å²) in [5.74, 6) is 0. The largest absolute Gasteiger partial charge is 0.316 e. The van der Waals surface area contributed by atoms with Gasteiger partial charge in [0.2, 0.25) is 0 Å². The van der Waals surface area contributed by atoms with Crippen LogP contribution in [0.4, 0.5) is 0 Å². The van der Waals surface area contributed by atoms with Crippen molar-refractivity contribution in [2.24, 2.45) is 0 Å². The third-order valence-corrected chi connectivity index (χ3v) is 3.35. The topological polar surface area (TPSA) is 4.41 Å². The number of para-hydroxylation sites is 1. The quantitative estimate of drug-likeness (QED) is 0.415. The lowest BCUT2D eigenvalue weighted by Crippen LogP contribution is -1.83. The molecule has 0 unspecified atom stereocenters. The molecule has 80 valence electrons. The first-order chi connectivity index (χ1) is 8.42. The number of hydrogen-bond acceptors (Lipinski definition) is 0. The molecule has 0 N–H and O–H groups in total. The molecule has 0 bridgehead atoms. The molecule has 4 aromatic rings. The molecule has 0 atom stereocenters. The van der Waals surface area contributed by atoms with Gasteiger partial charge in [0.25, 0.3) is 0 Å². The molecule has 1 nitrogen and oxygen atoms in total. The minimum absolute atomic E-state index is 1.25. The van der Waals surface area contributed by atoms with E-state index in [1.807, 2.05) is 0 Å². The van der Waals surface area contributed by atoms with E-state index >= 15 is 0 Å². The second-order valence-corrected chi connectivity index (χ2v) is 4.40. The maximum Gasteiger partial charge on any atom is 0.0528 e. The molecule has 0 aliphatic rings. The van der Waals surface area contributed by atoms with Crippen LogP contribution in [-0.4, -0.2) is 4.40 Å². The molecular formula is C16H11N. The minimum atomic E-state index is 1.25. The van der Waals surface area contributed by atoms with Crippen LogP contribution in [0.5, 0.6) is 0 Å². The summed E-state index contributed by atoms with van der Waals surface area (Å²) in [7, 11) is 0. The summed E-state index contributed by atoms with van der Waals surface area (Å²) in [6.07, 6.45) is 2.22. The van der Waals surface area contributed by atoms with Crippen LogP contribution in [-0.2, 0) is 0 Å². The Balaban J connectivity index is 2.28. The van der Waals surface area contributed by atoms with E-state index in [2.05, 4.69) is 71.3 Å². The van der Waals surface area contributed by atoms with Gasteiger partial charge in [-0.25, -0.2) is 0 Å². The van der Waals surface area contributed by atoms with Crippen LogP contribution in [0.15, 0.2) is 66.9 Å². The Hall–Kier alpha value is -2.28. The summed E-state index contributed by atoms with van der Waals surface area (Å²) in [6, 6.07) is 21.5. The molecule has 0 saturated carbocycles. The summed E-state index contributed by atoms with van der Waals surface area (Å²) in [6.45, 7) is 0. The van der Waals surface area contributed by atoms with E-state index in [9.17, 15) is 0 Å². The first-order valence-corrected chi connectivity index (χ1v) is 5.80. The molecule has 0 radical (unpaired) electrons. The summed E-state index contributed by atoms with van der Waals surface area (Å²) >= 11 is 0. The molecule has 0 aliphatic carbocycles. The number of pyridine rings is 1. The molecule has 0 aliphatic heterocycles. The fraction of sp³-hybridized carbons (Fsp3) is 0. The summed E-state index contributed by atoms with van der Waals surface area (Å²) in [5.41, 5.74) is 2.53. The van der Waals surface area contributed by atoms with Crippen molar-refractivity contribution in [3.05, 3.63) is 66.9 Å². The number of nitrogens with zero attached hydrogens (tertiary/aromatic N) is 1. The number of hydrogen-bond donors (Lipinski definition) is 0. The van der Waals surface area contributed by atoms with Crippen molar-refractivity contribution in [2.45, 2.75) is 0 Å². The second kappa shape index (κ2) is 3.11. The lowest BCUT2D eigenvalue weighted by molar-refractivity contribution is 1.28. The zero-order valence-corrected chi connectivity index (χ0v) is 9.30. The highest BCUT2D eigenvalue weighted by atomic mass is 14.9. The smallest absolute Gasteiger partial charge is 0.0528 e. The first-order valence-electron chi connectivity index (χ1n) is 5.80. The SMILES string of the molecule is c1ccc2cn3c(cc2c1)cc1ccccc13. The second-order valence-electron chi connectivity index (χ2n) is 4.40. The lowest BCUT2D eigenvalue weighted by atomic mass is 10.2. The van der Waals surface area contributed by atoms with Crippen molar-refractivity contribution in [1.29, 1.82) is 0 Å². The van der Waals surface area contributed by atoms with Crippen LogP contribution in [0.1, 0.15) is 0 Å². The number of aromatic nitrogens is 1. The van der Waals surface area contributed by atoms with E-state index in [1.165, 1.54) is 27.2 Å². The van der Waals surface area contributed by atoms with Crippen molar-refractivity contribution in [2.75, 3.05) is 0 Å². The molecule has 4 rings (SSSR count). The van der Waals surface area contributed by atoms with Crippen LogP contribution in [0.3, 0.4) is 0 Å². The van der Waals surface area contributed by atoms with Crippen molar-refractivity contribution in [3.63, 3.8) is 0 Å². The number of benzene rings is 2. The molecule has 2 aromatic carbocycles. The predicted molar refractivity (Wildman–Crippen MR) is 72.4 cm³/mol. The summed E-state index contributed by atoms with van der Waals surface area (Å²) in [4.78, 5) is 0. The lowest BCUT2D eigenvalue weighted by Gasteiger charge is -2.01. The molecular weight excluding hydrogens is 206 g/mol. The highest BCUT2D eigenvalue weighted by molar-refractivity contribution is 5.93. The summed E-state index contributed by atoms with van der Waals surface area (Å²) < 4.78 is 2.26. The normalized spacial score (nSPS) is 11.5. The van der Waals surface area contributed by atoms with Gasteiger partial charge in [0, 0.05) is 17.1 Å². The molecule has 0 fully saturated rings. The fourth-order valence-electron chi connectivity index (χ4n) is 2.51. The Morgan fingerprint density at radius 2 is 1.29 bits per heavy atom. The average molecular weight is 217 g/mol. The Morgan fingerprint density at radius 3 is 2.18 bits per heavy atom. The van der Waals surface area contributed by atoms with Crippen LogP contribution in [0, 0.1) is 0 Å². The Bertz CT molecular complexity index is 834. The van der Waals surface area contributed by atoms with Gasteiger partial charge in [-0.3, -0.25) is 0 Å². The van der Waals surface area contributed by atoms with Crippen molar-refractivity contribution in [3.8, 4) is 0 Å². The van der Waals surface area contributed by atoms with Gasteiger partial charge in [0.15, 0.2) is 0 Å². The highest BCUT2D eigenvalue weighted by Crippen LogP contribution is 2.24. The standard InChI is InChI=1S/C16H11N/c1-2-7-14-11-17-15(9-12(14)5-1)10-13-6-3-4-8-16(13)17/h1-11H. The fourth-order valence-corrected chi connectivity index (χ4v) is 2.51. The first kappa shape index (κ1) is 8.82. The van der Waals surface area contributed by atoms with Crippen molar-refractivity contribution in [1.82, 2.24) is 4.40 Å². The van der Waals surface area contributed by atoms with E-state index in [-0.39, 0.29) is 0 Å². The van der Waals surface area contributed by atoms with Gasteiger partial charge in [-0.05, 0) is 29.0 Å². The highest BCUT2D eigenvalue weighted by Gasteiger charge is 2.02. The average Bonchev–Trinajstić information content (AvgIpc) is 2.73. The van der Waals surface area contributed by atoms with E-state index in [1.54, 1.807) is 0 Å². The van der Waals surface area contributed by atoms with Gasteiger partial charge in [0.1, 0.15) is 0 Å². The predicted octanol–water partition coefficient (Wildman–Crippen LogP) is 4.25. The molecule has 0 saturated heterocycles. The van der Waals surface area contributed by atoms with Gasteiger partial charge >= 0.3 is 0 Å². The van der Waals surface area contributed by atoms with Gasteiger partial charge in [-0.15, -0.1) is 0 Å². The van der Waals surface area contributed by atoms with Gasteiger partial charge < -0.3 is 4.40 Å². The van der Waals surface area contributed by atoms with Crippen LogP contribution in [0.2, 0.25) is 0 Å². The van der Waals surface area contributed by atoms with Crippen molar-refractivity contribution >= 4 is 27.2 Å².